The van der Waals surface area contributed by atoms with E-state index in [1.54, 1.807) is 67.2 Å². The summed E-state index contributed by atoms with van der Waals surface area (Å²) in [7, 11) is 6.12. The van der Waals surface area contributed by atoms with E-state index in [-0.39, 0.29) is 34.3 Å². The second kappa shape index (κ2) is 20.0. The third-order valence-corrected chi connectivity index (χ3v) is 10.7. The molecule has 2 amide bonds. The first-order chi connectivity index (χ1) is 32.5. The van der Waals surface area contributed by atoms with Gasteiger partial charge in [0.25, 0.3) is 11.8 Å². The number of carbonyl (C=O) groups is 2. The molecule has 0 fully saturated rings. The lowest BCUT2D eigenvalue weighted by atomic mass is 10.2. The van der Waals surface area contributed by atoms with Gasteiger partial charge in [0.2, 0.25) is 0 Å². The van der Waals surface area contributed by atoms with Crippen molar-refractivity contribution < 1.29 is 51.3 Å². The van der Waals surface area contributed by atoms with Crippen LogP contribution < -0.4 is 39.1 Å². The average Bonchev–Trinajstić information content (AvgIpc) is 4.03. The number of ether oxygens (including phenoxy) is 6. The van der Waals surface area contributed by atoms with Gasteiger partial charge >= 0.3 is 0 Å². The molecular weight excluding hydrogens is 887 g/mol. The SMILES string of the molecule is COc1cc2nccc(Oc3ccc(NC(=O)c4cc(C)on4)cc3F)c2cc1OC.COc1cc2nccc(Oc3ccc(NC(=O)c4csc(-c5ccccc5)n4)cc3F)c2cc1OC. The molecule has 67 heavy (non-hydrogen) atoms. The molecule has 9 aromatic rings. The van der Waals surface area contributed by atoms with Crippen LogP contribution >= 0.6 is 11.3 Å². The normalized spacial score (nSPS) is 10.7. The minimum Gasteiger partial charge on any atom is -0.493 e. The first kappa shape index (κ1) is 44.9. The largest absolute Gasteiger partial charge is 0.493 e. The molecule has 2 N–H and O–H groups in total. The summed E-state index contributed by atoms with van der Waals surface area (Å²) >= 11 is 1.37. The van der Waals surface area contributed by atoms with E-state index in [1.807, 2.05) is 30.3 Å². The van der Waals surface area contributed by atoms with Crippen molar-refractivity contribution in [2.24, 2.45) is 0 Å². The highest BCUT2D eigenvalue weighted by atomic mass is 32.1. The number of nitrogens with one attached hydrogen (secondary N) is 2. The molecule has 0 aliphatic carbocycles. The minimum atomic E-state index is -0.653. The Balaban J connectivity index is 0.000000184. The van der Waals surface area contributed by atoms with Crippen molar-refractivity contribution in [2.45, 2.75) is 6.92 Å². The summed E-state index contributed by atoms with van der Waals surface area (Å²) in [6.45, 7) is 1.67. The van der Waals surface area contributed by atoms with E-state index in [2.05, 4.69) is 30.7 Å². The lowest BCUT2D eigenvalue weighted by Gasteiger charge is -2.13. The van der Waals surface area contributed by atoms with Crippen molar-refractivity contribution in [1.82, 2.24) is 20.1 Å². The van der Waals surface area contributed by atoms with E-state index in [4.69, 9.17) is 32.9 Å². The summed E-state index contributed by atoms with van der Waals surface area (Å²) in [6, 6.07) is 29.5. The van der Waals surface area contributed by atoms with Crippen molar-refractivity contribution in [3.8, 4) is 56.6 Å². The van der Waals surface area contributed by atoms with Crippen molar-refractivity contribution in [2.75, 3.05) is 39.1 Å². The Morgan fingerprint density at radius 3 is 1.52 bits per heavy atom. The number of nitrogens with zero attached hydrogens (tertiary/aromatic N) is 4. The van der Waals surface area contributed by atoms with Crippen molar-refractivity contribution in [3.05, 3.63) is 156 Å². The summed E-state index contributed by atoms with van der Waals surface area (Å²) in [5.41, 5.74) is 3.02. The molecule has 0 saturated heterocycles. The number of fused-ring (bicyclic) bond motifs is 2. The summed E-state index contributed by atoms with van der Waals surface area (Å²) in [4.78, 5) is 37.8. The van der Waals surface area contributed by atoms with Gasteiger partial charge in [0.15, 0.2) is 51.8 Å². The number of aromatic nitrogens is 4. The van der Waals surface area contributed by atoms with Crippen molar-refractivity contribution >= 4 is 56.3 Å². The molecule has 0 unspecified atom stereocenters. The molecule has 0 radical (unpaired) electrons. The number of amides is 2. The van der Waals surface area contributed by atoms with Gasteiger partial charge in [-0.1, -0.05) is 35.5 Å². The number of hydrogen-bond acceptors (Lipinski definition) is 14. The van der Waals surface area contributed by atoms with E-state index >= 15 is 0 Å². The Kier molecular flexibility index (Phi) is 13.4. The Morgan fingerprint density at radius 1 is 0.567 bits per heavy atom. The maximum atomic E-state index is 14.9. The highest BCUT2D eigenvalue weighted by molar-refractivity contribution is 7.13. The van der Waals surface area contributed by atoms with Crippen LogP contribution in [0.3, 0.4) is 0 Å². The molecule has 338 valence electrons. The number of thiazole rings is 1. The molecule has 0 spiro atoms. The van der Waals surface area contributed by atoms with Crippen LogP contribution in [-0.4, -0.2) is 60.4 Å². The smallest absolute Gasteiger partial charge is 0.277 e. The highest BCUT2D eigenvalue weighted by Gasteiger charge is 2.18. The molecule has 4 aromatic heterocycles. The number of hydrogen-bond donors (Lipinski definition) is 2. The van der Waals surface area contributed by atoms with E-state index in [0.29, 0.717) is 62.1 Å². The Morgan fingerprint density at radius 2 is 1.06 bits per heavy atom. The third-order valence-electron chi connectivity index (χ3n) is 9.85. The van der Waals surface area contributed by atoms with Crippen LogP contribution in [0.2, 0.25) is 0 Å². The van der Waals surface area contributed by atoms with Gasteiger partial charge in [0, 0.05) is 75.8 Å². The predicted octanol–water partition coefficient (Wildman–Crippen LogP) is 11.3. The zero-order chi connectivity index (χ0) is 47.0. The summed E-state index contributed by atoms with van der Waals surface area (Å²) in [5.74, 6) is 1.08. The standard InChI is InChI=1S/C27H20FN3O4S.C22H18FN3O5/c1-33-24-13-18-20(14-25(24)34-2)29-11-10-22(18)35-23-9-8-17(12-19(23)28)30-26(32)21-15-36-27(31-21)16-6-4-3-5-7-16;1-12-8-17(26-31-12)22(27)25-13-4-5-19(15(23)9-13)30-18-6-7-24-16-11-21(29-3)20(28-2)10-14(16)18/h3-15H,1-2H3,(H,30,32);4-11H,1-3H3,(H,25,27). The Bertz CT molecular complexity index is 3260. The second-order valence-corrected chi connectivity index (χ2v) is 15.1. The lowest BCUT2D eigenvalue weighted by Crippen LogP contribution is -2.12. The predicted molar refractivity (Wildman–Crippen MR) is 247 cm³/mol. The van der Waals surface area contributed by atoms with Crippen LogP contribution in [0.25, 0.3) is 32.4 Å². The molecule has 0 bridgehead atoms. The molecule has 4 heterocycles. The molecule has 0 aliphatic heterocycles. The van der Waals surface area contributed by atoms with Gasteiger partial charge < -0.3 is 43.6 Å². The summed E-state index contributed by atoms with van der Waals surface area (Å²) in [5, 5.41) is 12.5. The van der Waals surface area contributed by atoms with E-state index in [9.17, 15) is 18.4 Å². The molecule has 0 aliphatic rings. The van der Waals surface area contributed by atoms with Gasteiger partial charge in [-0.25, -0.2) is 13.8 Å². The number of anilines is 2. The number of rotatable bonds is 13. The Hall–Kier alpha value is -8.64. The average molecular weight is 925 g/mol. The lowest BCUT2D eigenvalue weighted by molar-refractivity contribution is 0.101. The zero-order valence-electron chi connectivity index (χ0n) is 36.3. The fraction of sp³-hybridized carbons (Fsp3) is 0.102. The number of halogens is 2. The number of methoxy groups -OCH3 is 4. The van der Waals surface area contributed by atoms with Crippen molar-refractivity contribution in [1.29, 1.82) is 0 Å². The fourth-order valence-electron chi connectivity index (χ4n) is 6.59. The number of carbonyl (C=O) groups excluding carboxylic acids is 2. The molecule has 18 heteroatoms. The quantitative estimate of drug-likeness (QED) is 0.112. The van der Waals surface area contributed by atoms with Crippen LogP contribution in [-0.2, 0) is 0 Å². The van der Waals surface area contributed by atoms with Crippen molar-refractivity contribution in [3.63, 3.8) is 0 Å². The maximum absolute atomic E-state index is 14.9. The van der Waals surface area contributed by atoms with Gasteiger partial charge in [-0.15, -0.1) is 11.3 Å². The highest BCUT2D eigenvalue weighted by Crippen LogP contribution is 2.39. The van der Waals surface area contributed by atoms with Gasteiger partial charge in [0.05, 0.1) is 39.5 Å². The van der Waals surface area contributed by atoms with Gasteiger partial charge in [-0.05, 0) is 55.5 Å². The summed E-state index contributed by atoms with van der Waals surface area (Å²) < 4.78 is 67.4. The fourth-order valence-corrected chi connectivity index (χ4v) is 7.39. The number of aryl methyl sites for hydroxylation is 1. The molecule has 9 rings (SSSR count). The molecule has 5 aromatic carbocycles. The van der Waals surface area contributed by atoms with Gasteiger partial charge in [-0.3, -0.25) is 19.6 Å². The molecule has 15 nitrogen and oxygen atoms in total. The van der Waals surface area contributed by atoms with Crippen LogP contribution in [0.15, 0.2) is 131 Å². The van der Waals surface area contributed by atoms with Gasteiger partial charge in [0.1, 0.15) is 28.0 Å². The second-order valence-electron chi connectivity index (χ2n) is 14.2. The Labute approximate surface area is 384 Å². The first-order valence-corrected chi connectivity index (χ1v) is 20.9. The van der Waals surface area contributed by atoms with Crippen LogP contribution in [0.5, 0.6) is 46.0 Å². The van der Waals surface area contributed by atoms with E-state index in [0.717, 1.165) is 16.6 Å². The van der Waals surface area contributed by atoms with Gasteiger partial charge in [-0.2, -0.15) is 0 Å². The van der Waals surface area contributed by atoms with Crippen LogP contribution in [0.1, 0.15) is 26.7 Å². The third kappa shape index (κ3) is 10.2. The van der Waals surface area contributed by atoms with E-state index in [1.165, 1.54) is 70.1 Å². The van der Waals surface area contributed by atoms with Crippen LogP contribution in [0, 0.1) is 18.6 Å². The topological polar surface area (TPSA) is 178 Å². The molecule has 0 saturated carbocycles. The molecule has 0 atom stereocenters. The monoisotopic (exact) mass is 924 g/mol. The minimum absolute atomic E-state index is 0.00435. The molecular formula is C49H38F2N6O9S. The zero-order valence-corrected chi connectivity index (χ0v) is 37.1. The summed E-state index contributed by atoms with van der Waals surface area (Å²) in [6.07, 6.45) is 3.11. The van der Waals surface area contributed by atoms with E-state index < -0.39 is 23.4 Å². The maximum Gasteiger partial charge on any atom is 0.277 e. The first-order valence-electron chi connectivity index (χ1n) is 20.1. The number of benzene rings is 5. The number of pyridine rings is 2. The van der Waals surface area contributed by atoms with Crippen LogP contribution in [0.4, 0.5) is 20.2 Å².